The second-order valence-electron chi connectivity index (χ2n) is 6.59. The van der Waals surface area contributed by atoms with Crippen molar-refractivity contribution >= 4 is 11.9 Å². The maximum absolute atomic E-state index is 12.0. The molecule has 0 saturated carbocycles. The Hall–Kier alpha value is -3.64. The van der Waals surface area contributed by atoms with E-state index in [-0.39, 0.29) is 6.04 Å². The van der Waals surface area contributed by atoms with Crippen LogP contribution in [-0.2, 0) is 4.79 Å². The van der Waals surface area contributed by atoms with Gasteiger partial charge in [-0.2, -0.15) is 0 Å². The van der Waals surface area contributed by atoms with Crippen molar-refractivity contribution in [2.24, 2.45) is 5.73 Å². The highest BCUT2D eigenvalue weighted by Gasteiger charge is 2.22. The highest BCUT2D eigenvalue weighted by Crippen LogP contribution is 2.16. The molecule has 3 aromatic rings. The van der Waals surface area contributed by atoms with Crippen LogP contribution in [0.3, 0.4) is 0 Å². The van der Waals surface area contributed by atoms with Crippen LogP contribution in [-0.4, -0.2) is 24.1 Å². The third-order valence-electron chi connectivity index (χ3n) is 4.31. The zero-order valence-corrected chi connectivity index (χ0v) is 17.0. The van der Waals surface area contributed by atoms with E-state index < -0.39 is 17.9 Å². The molecule has 30 heavy (non-hydrogen) atoms. The third-order valence-corrected chi connectivity index (χ3v) is 4.31. The van der Waals surface area contributed by atoms with Crippen LogP contribution < -0.4 is 15.8 Å². The molecule has 0 unspecified atom stereocenters. The van der Waals surface area contributed by atoms with Crippen LogP contribution in [0.5, 0.6) is 5.75 Å². The number of carbonyl (C=O) groups excluding carboxylic acids is 1. The molecule has 0 aliphatic heterocycles. The molecule has 0 heterocycles. The number of carboxylic acids is 1. The summed E-state index contributed by atoms with van der Waals surface area (Å²) in [5.41, 5.74) is 7.76. The molecule has 6 nitrogen and oxygen atoms in total. The Balaban J connectivity index is 0.000000248. The molecule has 0 fully saturated rings. The van der Waals surface area contributed by atoms with E-state index in [9.17, 15) is 14.7 Å². The molecule has 0 bridgehead atoms. The van der Waals surface area contributed by atoms with E-state index in [1.165, 1.54) is 0 Å². The summed E-state index contributed by atoms with van der Waals surface area (Å²) >= 11 is 0. The monoisotopic (exact) mass is 406 g/mol. The Kier molecular flexibility index (Phi) is 8.59. The molecule has 0 aromatic heterocycles. The van der Waals surface area contributed by atoms with Gasteiger partial charge >= 0.3 is 5.97 Å². The molecule has 0 spiro atoms. The highest BCUT2D eigenvalue weighted by atomic mass is 16.5. The third kappa shape index (κ3) is 6.76. The number of carbonyl (C=O) groups is 2. The van der Waals surface area contributed by atoms with Gasteiger partial charge in [-0.25, -0.2) is 4.79 Å². The summed E-state index contributed by atoms with van der Waals surface area (Å²) in [5, 5.41) is 11.7. The fourth-order valence-corrected chi connectivity index (χ4v) is 2.66. The lowest BCUT2D eigenvalue weighted by Crippen LogP contribution is -2.33. The van der Waals surface area contributed by atoms with Crippen molar-refractivity contribution in [3.63, 3.8) is 0 Å². The van der Waals surface area contributed by atoms with E-state index in [2.05, 4.69) is 5.32 Å². The number of ether oxygens (including phenoxy) is 1. The summed E-state index contributed by atoms with van der Waals surface area (Å²) in [6.45, 7) is 1.95. The zero-order valence-electron chi connectivity index (χ0n) is 17.0. The molecule has 3 rings (SSSR count). The molecule has 4 N–H and O–H groups in total. The molecular formula is C24H26N2O4. The average molecular weight is 406 g/mol. The van der Waals surface area contributed by atoms with E-state index in [0.717, 1.165) is 11.3 Å². The largest absolute Gasteiger partial charge is 0.497 e. The van der Waals surface area contributed by atoms with Crippen molar-refractivity contribution in [3.8, 4) is 5.75 Å². The fraction of sp³-hybridized carbons (Fsp3) is 0.167. The van der Waals surface area contributed by atoms with Gasteiger partial charge in [-0.1, -0.05) is 60.7 Å². The van der Waals surface area contributed by atoms with E-state index in [0.29, 0.717) is 11.1 Å². The molecule has 0 aliphatic carbocycles. The lowest BCUT2D eigenvalue weighted by Gasteiger charge is -2.14. The van der Waals surface area contributed by atoms with E-state index >= 15 is 0 Å². The van der Waals surface area contributed by atoms with Gasteiger partial charge in [-0.15, -0.1) is 0 Å². The number of hydrogen-bond acceptors (Lipinski definition) is 4. The fourth-order valence-electron chi connectivity index (χ4n) is 2.66. The number of amides is 1. The molecule has 2 atom stereocenters. The van der Waals surface area contributed by atoms with Gasteiger partial charge in [-0.3, -0.25) is 4.79 Å². The summed E-state index contributed by atoms with van der Waals surface area (Å²) in [4.78, 5) is 23.2. The van der Waals surface area contributed by atoms with Gasteiger partial charge < -0.3 is 20.9 Å². The predicted octanol–water partition coefficient (Wildman–Crippen LogP) is 3.96. The molecular weight excluding hydrogens is 380 g/mol. The van der Waals surface area contributed by atoms with Crippen molar-refractivity contribution in [1.82, 2.24) is 5.32 Å². The van der Waals surface area contributed by atoms with Crippen molar-refractivity contribution in [2.75, 3.05) is 7.11 Å². The Morgan fingerprint density at radius 3 is 2.00 bits per heavy atom. The maximum Gasteiger partial charge on any atom is 0.330 e. The minimum Gasteiger partial charge on any atom is -0.497 e. The normalized spacial score (nSPS) is 12.0. The predicted molar refractivity (Wildman–Crippen MR) is 116 cm³/mol. The first-order chi connectivity index (χ1) is 14.4. The van der Waals surface area contributed by atoms with Crippen LogP contribution in [0.15, 0.2) is 84.9 Å². The van der Waals surface area contributed by atoms with Crippen molar-refractivity contribution in [3.05, 3.63) is 102 Å². The van der Waals surface area contributed by atoms with Crippen LogP contribution in [0, 0.1) is 0 Å². The number of benzene rings is 3. The molecule has 1 amide bonds. The number of hydrogen-bond donors (Lipinski definition) is 3. The van der Waals surface area contributed by atoms with Crippen LogP contribution in [0.4, 0.5) is 0 Å². The molecule has 0 radical (unpaired) electrons. The van der Waals surface area contributed by atoms with Crippen LogP contribution in [0.25, 0.3) is 0 Å². The van der Waals surface area contributed by atoms with Gasteiger partial charge in [0.15, 0.2) is 6.04 Å². The number of nitrogens with two attached hydrogens (primary N) is 1. The standard InChI is InChI=1S/C15H13NO3.C9H13NO/c17-14(12-9-5-2-6-10-12)16-13(15(18)19)11-7-3-1-4-8-11;1-7(10)8-4-3-5-9(6-8)11-2/h1-10,13H,(H,16,17)(H,18,19);3-7H,10H2,1-2H3/t13-;7-/m01/s1. The van der Waals surface area contributed by atoms with E-state index in [1.54, 1.807) is 67.8 Å². The number of aliphatic carboxylic acids is 1. The molecule has 3 aromatic carbocycles. The minimum absolute atomic E-state index is 0.0742. The van der Waals surface area contributed by atoms with Gasteiger partial charge in [0.2, 0.25) is 0 Å². The first-order valence-corrected chi connectivity index (χ1v) is 9.45. The van der Waals surface area contributed by atoms with Gasteiger partial charge in [0.25, 0.3) is 5.91 Å². The lowest BCUT2D eigenvalue weighted by molar-refractivity contribution is -0.139. The Labute approximate surface area is 176 Å². The Bertz CT molecular complexity index is 944. The topological polar surface area (TPSA) is 102 Å². The van der Waals surface area contributed by atoms with Crippen molar-refractivity contribution < 1.29 is 19.4 Å². The number of nitrogens with one attached hydrogen (secondary N) is 1. The summed E-state index contributed by atoms with van der Waals surface area (Å²) in [7, 11) is 1.65. The summed E-state index contributed by atoms with van der Waals surface area (Å²) in [6.07, 6.45) is 0. The molecule has 6 heteroatoms. The summed E-state index contributed by atoms with van der Waals surface area (Å²) in [5.74, 6) is -0.632. The summed E-state index contributed by atoms with van der Waals surface area (Å²) < 4.78 is 5.05. The first kappa shape index (κ1) is 22.6. The second-order valence-corrected chi connectivity index (χ2v) is 6.59. The molecule has 156 valence electrons. The van der Waals surface area contributed by atoms with Crippen LogP contribution in [0.2, 0.25) is 0 Å². The van der Waals surface area contributed by atoms with Crippen molar-refractivity contribution in [2.45, 2.75) is 19.0 Å². The van der Waals surface area contributed by atoms with Gasteiger partial charge in [-0.05, 0) is 42.3 Å². The minimum atomic E-state index is -1.09. The zero-order chi connectivity index (χ0) is 21.9. The second kappa shape index (κ2) is 11.4. The van der Waals surface area contributed by atoms with Crippen molar-refractivity contribution in [1.29, 1.82) is 0 Å². The highest BCUT2D eigenvalue weighted by molar-refractivity contribution is 5.96. The lowest BCUT2D eigenvalue weighted by atomic mass is 10.1. The van der Waals surface area contributed by atoms with Crippen LogP contribution >= 0.6 is 0 Å². The van der Waals surface area contributed by atoms with Crippen LogP contribution in [0.1, 0.15) is 40.5 Å². The molecule has 0 aliphatic rings. The van der Waals surface area contributed by atoms with E-state index in [1.807, 2.05) is 31.2 Å². The Morgan fingerprint density at radius 2 is 1.47 bits per heavy atom. The molecule has 0 saturated heterocycles. The van der Waals surface area contributed by atoms with Gasteiger partial charge in [0.1, 0.15) is 5.75 Å². The van der Waals surface area contributed by atoms with E-state index in [4.69, 9.17) is 10.5 Å². The number of methoxy groups -OCH3 is 1. The number of carboxylic acid groups (broad SMARTS) is 1. The Morgan fingerprint density at radius 1 is 0.900 bits per heavy atom. The SMILES string of the molecule is COc1cccc([C@@H](C)N)c1.O=C(N[C@H](C(=O)O)c1ccccc1)c1ccccc1. The quantitative estimate of drug-likeness (QED) is 0.575. The maximum atomic E-state index is 12.0. The smallest absolute Gasteiger partial charge is 0.330 e. The average Bonchev–Trinajstić information content (AvgIpc) is 2.78. The first-order valence-electron chi connectivity index (χ1n) is 9.45. The summed E-state index contributed by atoms with van der Waals surface area (Å²) in [6, 6.07) is 24.0. The number of rotatable bonds is 6. The van der Waals surface area contributed by atoms with Gasteiger partial charge in [0, 0.05) is 11.6 Å². The van der Waals surface area contributed by atoms with Gasteiger partial charge in [0.05, 0.1) is 7.11 Å².